The Bertz CT molecular complexity index is 387. The highest BCUT2D eigenvalue weighted by molar-refractivity contribution is 5.72. The van der Waals surface area contributed by atoms with Crippen molar-refractivity contribution in [1.82, 2.24) is 0 Å². The van der Waals surface area contributed by atoms with Crippen LogP contribution < -0.4 is 5.73 Å². The third-order valence-corrected chi connectivity index (χ3v) is 2.20. The van der Waals surface area contributed by atoms with Crippen molar-refractivity contribution in [3.05, 3.63) is 29.8 Å². The molecule has 2 N–H and O–H groups in total. The van der Waals surface area contributed by atoms with Crippen LogP contribution in [-0.4, -0.2) is 18.8 Å². The summed E-state index contributed by atoms with van der Waals surface area (Å²) in [7, 11) is 0. The molecule has 0 saturated carbocycles. The highest BCUT2D eigenvalue weighted by atomic mass is 19.4. The molecule has 0 aromatic heterocycles. The fraction of sp³-hybridized carbons (Fsp3) is 0.417. The fourth-order valence-electron chi connectivity index (χ4n) is 1.31. The van der Waals surface area contributed by atoms with Crippen LogP contribution >= 0.6 is 0 Å². The molecule has 3 nitrogen and oxygen atoms in total. The van der Waals surface area contributed by atoms with E-state index in [1.54, 1.807) is 24.3 Å². The van der Waals surface area contributed by atoms with E-state index in [0.717, 1.165) is 0 Å². The molecule has 0 aliphatic carbocycles. The number of anilines is 1. The lowest BCUT2D eigenvalue weighted by Gasteiger charge is -2.07. The van der Waals surface area contributed by atoms with Gasteiger partial charge >= 0.3 is 12.1 Å². The molecule has 18 heavy (non-hydrogen) atoms. The monoisotopic (exact) mass is 261 g/mol. The molecule has 100 valence electrons. The summed E-state index contributed by atoms with van der Waals surface area (Å²) in [5, 5.41) is 0. The Kier molecular flexibility index (Phi) is 5.00. The SMILES string of the molecule is Nc1ccc(CC(=O)OCCCC(F)(F)F)cc1. The fourth-order valence-corrected chi connectivity index (χ4v) is 1.31. The average molecular weight is 261 g/mol. The summed E-state index contributed by atoms with van der Waals surface area (Å²) in [4.78, 5) is 11.3. The largest absolute Gasteiger partial charge is 0.465 e. The molecular formula is C12H14F3NO2. The van der Waals surface area contributed by atoms with Crippen LogP contribution in [0.15, 0.2) is 24.3 Å². The molecule has 0 heterocycles. The standard InChI is InChI=1S/C12H14F3NO2/c13-12(14,15)6-1-7-18-11(17)8-9-2-4-10(16)5-3-9/h2-5H,1,6-8,16H2. The Morgan fingerprint density at radius 3 is 2.39 bits per heavy atom. The Labute approximate surface area is 103 Å². The van der Waals surface area contributed by atoms with Crippen LogP contribution in [0.25, 0.3) is 0 Å². The van der Waals surface area contributed by atoms with Gasteiger partial charge in [0.15, 0.2) is 0 Å². The number of halogens is 3. The van der Waals surface area contributed by atoms with Gasteiger partial charge < -0.3 is 10.5 Å². The first-order valence-electron chi connectivity index (χ1n) is 5.43. The maximum absolute atomic E-state index is 11.8. The molecule has 0 spiro atoms. The van der Waals surface area contributed by atoms with Crippen molar-refractivity contribution in [2.75, 3.05) is 12.3 Å². The molecule has 0 amide bonds. The van der Waals surface area contributed by atoms with E-state index in [4.69, 9.17) is 10.5 Å². The van der Waals surface area contributed by atoms with E-state index in [-0.39, 0.29) is 19.4 Å². The number of rotatable bonds is 5. The molecule has 0 aliphatic heterocycles. The summed E-state index contributed by atoms with van der Waals surface area (Å²) in [6, 6.07) is 6.64. The van der Waals surface area contributed by atoms with Crippen LogP contribution in [-0.2, 0) is 16.0 Å². The maximum Gasteiger partial charge on any atom is 0.389 e. The van der Waals surface area contributed by atoms with E-state index in [2.05, 4.69) is 0 Å². The zero-order valence-electron chi connectivity index (χ0n) is 9.67. The van der Waals surface area contributed by atoms with Crippen LogP contribution in [0.2, 0.25) is 0 Å². The molecule has 1 aromatic carbocycles. The first kappa shape index (κ1) is 14.3. The minimum Gasteiger partial charge on any atom is -0.465 e. The third kappa shape index (κ3) is 6.12. The molecule has 1 rings (SSSR count). The highest BCUT2D eigenvalue weighted by Crippen LogP contribution is 2.21. The minimum atomic E-state index is -4.20. The Morgan fingerprint density at radius 2 is 1.83 bits per heavy atom. The van der Waals surface area contributed by atoms with Gasteiger partial charge in [0.05, 0.1) is 13.0 Å². The summed E-state index contributed by atoms with van der Waals surface area (Å²) in [6.45, 7) is -0.215. The molecule has 0 radical (unpaired) electrons. The number of esters is 1. The second-order valence-corrected chi connectivity index (χ2v) is 3.86. The van der Waals surface area contributed by atoms with Crippen LogP contribution in [0.5, 0.6) is 0 Å². The Morgan fingerprint density at radius 1 is 1.22 bits per heavy atom. The third-order valence-electron chi connectivity index (χ3n) is 2.20. The molecule has 0 bridgehead atoms. The summed E-state index contributed by atoms with van der Waals surface area (Å²) < 4.78 is 40.1. The topological polar surface area (TPSA) is 52.3 Å². The molecule has 0 saturated heterocycles. The number of carbonyl (C=O) groups excluding carboxylic acids is 1. The van der Waals surface area contributed by atoms with Gasteiger partial charge in [-0.3, -0.25) is 4.79 Å². The quantitative estimate of drug-likeness (QED) is 0.503. The molecular weight excluding hydrogens is 247 g/mol. The maximum atomic E-state index is 11.8. The number of nitrogen functional groups attached to an aromatic ring is 1. The van der Waals surface area contributed by atoms with Crippen LogP contribution in [0.3, 0.4) is 0 Å². The Balaban J connectivity index is 2.24. The second-order valence-electron chi connectivity index (χ2n) is 3.86. The number of hydrogen-bond donors (Lipinski definition) is 1. The van der Waals surface area contributed by atoms with Gasteiger partial charge in [0.2, 0.25) is 0 Å². The van der Waals surface area contributed by atoms with Crippen molar-refractivity contribution >= 4 is 11.7 Å². The zero-order valence-corrected chi connectivity index (χ0v) is 9.67. The van der Waals surface area contributed by atoms with Gasteiger partial charge in [-0.25, -0.2) is 0 Å². The van der Waals surface area contributed by atoms with E-state index in [1.165, 1.54) is 0 Å². The number of nitrogens with two attached hydrogens (primary N) is 1. The van der Waals surface area contributed by atoms with Crippen molar-refractivity contribution in [3.8, 4) is 0 Å². The smallest absolute Gasteiger partial charge is 0.389 e. The van der Waals surface area contributed by atoms with Gasteiger partial charge in [-0.15, -0.1) is 0 Å². The van der Waals surface area contributed by atoms with E-state index in [0.29, 0.717) is 11.3 Å². The first-order chi connectivity index (χ1) is 8.37. The predicted molar refractivity (Wildman–Crippen MR) is 60.8 cm³/mol. The summed E-state index contributed by atoms with van der Waals surface area (Å²) in [5.41, 5.74) is 6.77. The lowest BCUT2D eigenvalue weighted by Crippen LogP contribution is -2.12. The summed E-state index contributed by atoms with van der Waals surface area (Å²) in [6.07, 6.45) is -5.32. The number of hydrogen-bond acceptors (Lipinski definition) is 3. The Hall–Kier alpha value is -1.72. The molecule has 0 aliphatic rings. The van der Waals surface area contributed by atoms with Crippen molar-refractivity contribution < 1.29 is 22.7 Å². The molecule has 1 aromatic rings. The predicted octanol–water partition coefficient (Wildman–Crippen LogP) is 2.70. The van der Waals surface area contributed by atoms with E-state index < -0.39 is 18.6 Å². The van der Waals surface area contributed by atoms with Gasteiger partial charge in [-0.05, 0) is 24.1 Å². The van der Waals surface area contributed by atoms with Crippen LogP contribution in [0.1, 0.15) is 18.4 Å². The van der Waals surface area contributed by atoms with Crippen molar-refractivity contribution in [1.29, 1.82) is 0 Å². The van der Waals surface area contributed by atoms with E-state index >= 15 is 0 Å². The number of ether oxygens (including phenoxy) is 1. The normalized spacial score (nSPS) is 11.3. The van der Waals surface area contributed by atoms with Gasteiger partial charge in [0, 0.05) is 12.1 Å². The zero-order chi connectivity index (χ0) is 13.6. The van der Waals surface area contributed by atoms with Gasteiger partial charge in [-0.2, -0.15) is 13.2 Å². The molecule has 6 heteroatoms. The van der Waals surface area contributed by atoms with Crippen LogP contribution in [0.4, 0.5) is 18.9 Å². The van der Waals surface area contributed by atoms with Gasteiger partial charge in [-0.1, -0.05) is 12.1 Å². The number of benzene rings is 1. The lowest BCUT2D eigenvalue weighted by molar-refractivity contribution is -0.149. The highest BCUT2D eigenvalue weighted by Gasteiger charge is 2.26. The molecule has 0 atom stereocenters. The van der Waals surface area contributed by atoms with Gasteiger partial charge in [0.1, 0.15) is 0 Å². The van der Waals surface area contributed by atoms with Crippen molar-refractivity contribution in [2.24, 2.45) is 0 Å². The van der Waals surface area contributed by atoms with Gasteiger partial charge in [0.25, 0.3) is 0 Å². The molecule has 0 fully saturated rings. The second kappa shape index (κ2) is 6.28. The summed E-state index contributed by atoms with van der Waals surface area (Å²) >= 11 is 0. The van der Waals surface area contributed by atoms with E-state index in [9.17, 15) is 18.0 Å². The van der Waals surface area contributed by atoms with Crippen molar-refractivity contribution in [2.45, 2.75) is 25.4 Å². The number of alkyl halides is 3. The lowest BCUT2D eigenvalue weighted by atomic mass is 10.1. The average Bonchev–Trinajstić information content (AvgIpc) is 2.26. The number of carbonyl (C=O) groups is 1. The summed E-state index contributed by atoms with van der Waals surface area (Å²) in [5.74, 6) is -0.540. The van der Waals surface area contributed by atoms with Crippen LogP contribution in [0, 0.1) is 0 Å². The minimum absolute atomic E-state index is 0.0340. The first-order valence-corrected chi connectivity index (χ1v) is 5.43. The molecule has 0 unspecified atom stereocenters. The van der Waals surface area contributed by atoms with E-state index in [1.807, 2.05) is 0 Å². The van der Waals surface area contributed by atoms with Crippen molar-refractivity contribution in [3.63, 3.8) is 0 Å².